The van der Waals surface area contributed by atoms with Crippen LogP contribution in [0.15, 0.2) is 27.9 Å². The minimum atomic E-state index is -3.18. The van der Waals surface area contributed by atoms with E-state index in [1.54, 1.807) is 28.0 Å². The SMILES string of the molecule is Cc1ccc(C)c(CSc2nc(CC(=O)N3CCN(S(C)(=O)=O)CC3)cs2)c1. The lowest BCUT2D eigenvalue weighted by molar-refractivity contribution is -0.131. The van der Waals surface area contributed by atoms with Crippen LogP contribution in [0.25, 0.3) is 0 Å². The molecule has 28 heavy (non-hydrogen) atoms. The summed E-state index contributed by atoms with van der Waals surface area (Å²) in [6, 6.07) is 6.46. The van der Waals surface area contributed by atoms with E-state index in [0.29, 0.717) is 26.2 Å². The minimum absolute atomic E-state index is 0.00419. The number of sulfonamides is 1. The van der Waals surface area contributed by atoms with Gasteiger partial charge in [0, 0.05) is 37.3 Å². The Balaban J connectivity index is 1.52. The van der Waals surface area contributed by atoms with Crippen molar-refractivity contribution in [3.05, 3.63) is 46.0 Å². The Labute approximate surface area is 175 Å². The Morgan fingerprint density at radius 1 is 1.21 bits per heavy atom. The number of carbonyl (C=O) groups excluding carboxylic acids is 1. The molecule has 1 aliphatic heterocycles. The lowest BCUT2D eigenvalue weighted by atomic mass is 10.1. The van der Waals surface area contributed by atoms with Gasteiger partial charge < -0.3 is 4.90 Å². The van der Waals surface area contributed by atoms with E-state index in [1.165, 1.54) is 27.3 Å². The molecule has 0 aliphatic carbocycles. The van der Waals surface area contributed by atoms with Crippen LogP contribution in [0.2, 0.25) is 0 Å². The maximum atomic E-state index is 12.5. The number of thiazole rings is 1. The van der Waals surface area contributed by atoms with E-state index in [4.69, 9.17) is 0 Å². The highest BCUT2D eigenvalue weighted by atomic mass is 32.2. The fourth-order valence-corrected chi connectivity index (χ4v) is 5.80. The van der Waals surface area contributed by atoms with Crippen molar-refractivity contribution < 1.29 is 13.2 Å². The lowest BCUT2D eigenvalue weighted by Gasteiger charge is -2.33. The number of amides is 1. The first-order chi connectivity index (χ1) is 13.2. The number of aryl methyl sites for hydroxylation is 2. The lowest BCUT2D eigenvalue weighted by Crippen LogP contribution is -2.50. The topological polar surface area (TPSA) is 70.6 Å². The predicted molar refractivity (Wildman–Crippen MR) is 114 cm³/mol. The maximum absolute atomic E-state index is 12.5. The molecule has 0 radical (unpaired) electrons. The molecule has 6 nitrogen and oxygen atoms in total. The van der Waals surface area contributed by atoms with Crippen molar-refractivity contribution in [2.75, 3.05) is 32.4 Å². The molecule has 1 aromatic carbocycles. The van der Waals surface area contributed by atoms with Gasteiger partial charge in [-0.25, -0.2) is 13.4 Å². The van der Waals surface area contributed by atoms with Crippen LogP contribution < -0.4 is 0 Å². The Kier molecular flexibility index (Phi) is 6.80. The van der Waals surface area contributed by atoms with Crippen molar-refractivity contribution in [2.45, 2.75) is 30.4 Å². The Morgan fingerprint density at radius 3 is 2.61 bits per heavy atom. The Bertz CT molecular complexity index is 948. The number of benzene rings is 1. The molecule has 1 fully saturated rings. The fourth-order valence-electron chi connectivity index (χ4n) is 3.07. The molecule has 0 unspecified atom stereocenters. The number of piperazine rings is 1. The normalized spacial score (nSPS) is 15.8. The van der Waals surface area contributed by atoms with Crippen molar-refractivity contribution in [3.63, 3.8) is 0 Å². The summed E-state index contributed by atoms with van der Waals surface area (Å²) in [5, 5.41) is 1.94. The Hall–Kier alpha value is -1.42. The van der Waals surface area contributed by atoms with Gasteiger partial charge in [-0.3, -0.25) is 4.79 Å². The van der Waals surface area contributed by atoms with Crippen LogP contribution >= 0.6 is 23.1 Å². The molecule has 1 aliphatic rings. The number of aromatic nitrogens is 1. The van der Waals surface area contributed by atoms with E-state index in [1.807, 2.05) is 5.38 Å². The number of nitrogens with zero attached hydrogens (tertiary/aromatic N) is 3. The van der Waals surface area contributed by atoms with Crippen molar-refractivity contribution in [2.24, 2.45) is 0 Å². The second kappa shape index (κ2) is 8.94. The molecule has 1 amide bonds. The highest BCUT2D eigenvalue weighted by Gasteiger charge is 2.26. The third-order valence-corrected chi connectivity index (χ3v) is 8.20. The van der Waals surface area contributed by atoms with E-state index in [-0.39, 0.29) is 12.3 Å². The number of carbonyl (C=O) groups is 1. The summed E-state index contributed by atoms with van der Waals surface area (Å²) in [7, 11) is -3.18. The standard InChI is InChI=1S/C19H25N3O3S3/c1-14-4-5-15(2)16(10-14)12-26-19-20-17(13-27-19)11-18(23)21-6-8-22(9-7-21)28(3,24)25/h4-5,10,13H,6-9,11-12H2,1-3H3. The molecule has 0 N–H and O–H groups in total. The Morgan fingerprint density at radius 2 is 1.93 bits per heavy atom. The van der Waals surface area contributed by atoms with Gasteiger partial charge in [-0.1, -0.05) is 35.5 Å². The summed E-state index contributed by atoms with van der Waals surface area (Å²) in [5.41, 5.74) is 4.62. The number of hydrogen-bond donors (Lipinski definition) is 0. The number of hydrogen-bond acceptors (Lipinski definition) is 6. The highest BCUT2D eigenvalue weighted by molar-refractivity contribution is 8.00. The van der Waals surface area contributed by atoms with E-state index < -0.39 is 10.0 Å². The molecule has 1 saturated heterocycles. The third kappa shape index (κ3) is 5.56. The van der Waals surface area contributed by atoms with Gasteiger partial charge in [-0.15, -0.1) is 11.3 Å². The number of thioether (sulfide) groups is 1. The zero-order chi connectivity index (χ0) is 20.3. The largest absolute Gasteiger partial charge is 0.340 e. The van der Waals surface area contributed by atoms with Gasteiger partial charge in [0.05, 0.1) is 18.4 Å². The first-order valence-electron chi connectivity index (χ1n) is 9.08. The molecular weight excluding hydrogens is 414 g/mol. The smallest absolute Gasteiger partial charge is 0.228 e. The van der Waals surface area contributed by atoms with E-state index in [9.17, 15) is 13.2 Å². The first-order valence-corrected chi connectivity index (χ1v) is 12.8. The highest BCUT2D eigenvalue weighted by Crippen LogP contribution is 2.28. The second-order valence-electron chi connectivity index (χ2n) is 7.04. The zero-order valence-corrected chi connectivity index (χ0v) is 18.8. The van der Waals surface area contributed by atoms with Gasteiger partial charge in [0.1, 0.15) is 4.34 Å². The maximum Gasteiger partial charge on any atom is 0.228 e. The first kappa shape index (κ1) is 21.3. The van der Waals surface area contributed by atoms with Gasteiger partial charge in [0.25, 0.3) is 0 Å². The molecule has 0 spiro atoms. The monoisotopic (exact) mass is 439 g/mol. The summed E-state index contributed by atoms with van der Waals surface area (Å²) in [4.78, 5) is 18.8. The molecule has 1 aromatic heterocycles. The molecular formula is C19H25N3O3S3. The fraction of sp³-hybridized carbons (Fsp3) is 0.474. The van der Waals surface area contributed by atoms with E-state index in [0.717, 1.165) is 15.8 Å². The average Bonchev–Trinajstić information content (AvgIpc) is 3.09. The summed E-state index contributed by atoms with van der Waals surface area (Å²) in [6.07, 6.45) is 1.47. The molecule has 0 saturated carbocycles. The quantitative estimate of drug-likeness (QED) is 0.647. The predicted octanol–water partition coefficient (Wildman–Crippen LogP) is 2.70. The van der Waals surface area contributed by atoms with Gasteiger partial charge >= 0.3 is 0 Å². The molecule has 2 aromatic rings. The second-order valence-corrected chi connectivity index (χ2v) is 11.1. The van der Waals surface area contributed by atoms with Crippen molar-refractivity contribution in [1.82, 2.24) is 14.2 Å². The molecule has 0 atom stereocenters. The van der Waals surface area contributed by atoms with Crippen LogP contribution in [0.1, 0.15) is 22.4 Å². The van der Waals surface area contributed by atoms with Gasteiger partial charge in [-0.2, -0.15) is 4.31 Å². The average molecular weight is 440 g/mol. The molecule has 152 valence electrons. The number of rotatable bonds is 6. The van der Waals surface area contributed by atoms with Gasteiger partial charge in [0.15, 0.2) is 0 Å². The van der Waals surface area contributed by atoms with Crippen LogP contribution in [0, 0.1) is 13.8 Å². The van der Waals surface area contributed by atoms with Gasteiger partial charge in [-0.05, 0) is 25.0 Å². The summed E-state index contributed by atoms with van der Waals surface area (Å²) in [6.45, 7) is 5.80. The third-order valence-electron chi connectivity index (χ3n) is 4.78. The zero-order valence-electron chi connectivity index (χ0n) is 16.3. The van der Waals surface area contributed by atoms with Gasteiger partial charge in [0.2, 0.25) is 15.9 Å². The molecule has 2 heterocycles. The van der Waals surface area contributed by atoms with Crippen molar-refractivity contribution >= 4 is 39.0 Å². The minimum Gasteiger partial charge on any atom is -0.340 e. The molecule has 3 rings (SSSR count). The van der Waals surface area contributed by atoms with Crippen molar-refractivity contribution in [3.8, 4) is 0 Å². The van der Waals surface area contributed by atoms with Crippen LogP contribution in [0.3, 0.4) is 0 Å². The van der Waals surface area contributed by atoms with Crippen molar-refractivity contribution in [1.29, 1.82) is 0 Å². The molecule has 9 heteroatoms. The van der Waals surface area contributed by atoms with Crippen LogP contribution in [-0.4, -0.2) is 60.9 Å². The molecule has 0 bridgehead atoms. The summed E-state index contributed by atoms with van der Waals surface area (Å²) >= 11 is 3.26. The van der Waals surface area contributed by atoms with Crippen LogP contribution in [-0.2, 0) is 27.0 Å². The van der Waals surface area contributed by atoms with Crippen LogP contribution in [0.4, 0.5) is 0 Å². The summed E-state index contributed by atoms with van der Waals surface area (Å²) in [5.74, 6) is 0.867. The van der Waals surface area contributed by atoms with E-state index >= 15 is 0 Å². The van der Waals surface area contributed by atoms with E-state index in [2.05, 4.69) is 37.0 Å². The van der Waals surface area contributed by atoms with Crippen LogP contribution in [0.5, 0.6) is 0 Å². The summed E-state index contributed by atoms with van der Waals surface area (Å²) < 4.78 is 25.5.